The number of carbonyl (C=O) groups excluding carboxylic acids is 1. The third-order valence-corrected chi connectivity index (χ3v) is 5.32. The average Bonchev–Trinajstić information content (AvgIpc) is 3.14. The molecule has 3 rings (SSSR count). The first kappa shape index (κ1) is 18.0. The van der Waals surface area contributed by atoms with Gasteiger partial charge in [0.05, 0.1) is 24.2 Å². The summed E-state index contributed by atoms with van der Waals surface area (Å²) >= 11 is 1.61. The van der Waals surface area contributed by atoms with Gasteiger partial charge in [-0.3, -0.25) is 4.79 Å². The van der Waals surface area contributed by atoms with E-state index in [4.69, 9.17) is 10.00 Å². The zero-order chi connectivity index (χ0) is 18.5. The lowest BCUT2D eigenvalue weighted by Gasteiger charge is -2.14. The summed E-state index contributed by atoms with van der Waals surface area (Å²) in [5, 5.41) is 9.02. The second-order valence-electron chi connectivity index (χ2n) is 5.87. The van der Waals surface area contributed by atoms with Crippen LogP contribution in [0.15, 0.2) is 53.8 Å². The Kier molecular flexibility index (Phi) is 5.59. The number of nitriles is 1. The van der Waals surface area contributed by atoms with Gasteiger partial charge in [0.1, 0.15) is 5.65 Å². The van der Waals surface area contributed by atoms with Crippen molar-refractivity contribution in [1.29, 1.82) is 5.26 Å². The van der Waals surface area contributed by atoms with Crippen molar-refractivity contribution in [3.63, 3.8) is 0 Å². The smallest absolute Gasteiger partial charge is 0.309 e. The predicted octanol–water partition coefficient (Wildman–Crippen LogP) is 4.16. The Morgan fingerprint density at radius 1 is 1.31 bits per heavy atom. The first-order chi connectivity index (χ1) is 12.6. The Balaban J connectivity index is 1.95. The summed E-state index contributed by atoms with van der Waals surface area (Å²) in [6.45, 7) is 4.08. The van der Waals surface area contributed by atoms with E-state index in [9.17, 15) is 4.79 Å². The number of pyridine rings is 1. The minimum absolute atomic E-state index is 0.179. The van der Waals surface area contributed by atoms with Crippen LogP contribution in [0.3, 0.4) is 0 Å². The fraction of sp³-hybridized carbons (Fsp3) is 0.250. The van der Waals surface area contributed by atoms with Gasteiger partial charge in [-0.15, -0.1) is 11.8 Å². The van der Waals surface area contributed by atoms with E-state index in [2.05, 4.69) is 11.1 Å². The van der Waals surface area contributed by atoms with Crippen LogP contribution in [0.2, 0.25) is 0 Å². The zero-order valence-corrected chi connectivity index (χ0v) is 15.5. The van der Waals surface area contributed by atoms with Crippen molar-refractivity contribution in [3.05, 3.63) is 54.5 Å². The number of carbonyl (C=O) groups is 1. The second-order valence-corrected chi connectivity index (χ2v) is 6.93. The van der Waals surface area contributed by atoms with Crippen LogP contribution in [0.1, 0.15) is 19.4 Å². The van der Waals surface area contributed by atoms with Gasteiger partial charge in [-0.05, 0) is 30.7 Å². The maximum Gasteiger partial charge on any atom is 0.309 e. The quantitative estimate of drug-likeness (QED) is 0.484. The number of thioether (sulfide) groups is 1. The third-order valence-electron chi connectivity index (χ3n) is 4.01. The van der Waals surface area contributed by atoms with E-state index in [0.29, 0.717) is 17.9 Å². The molecule has 0 aliphatic heterocycles. The molecular formula is C20H19N3O2S. The highest BCUT2D eigenvalue weighted by atomic mass is 32.2. The molecule has 0 bridgehead atoms. The summed E-state index contributed by atoms with van der Waals surface area (Å²) in [7, 11) is 0. The highest BCUT2D eigenvalue weighted by Gasteiger charge is 2.17. The Morgan fingerprint density at radius 2 is 2.08 bits per heavy atom. The molecule has 0 N–H and O–H groups in total. The summed E-state index contributed by atoms with van der Waals surface area (Å²) in [6, 6.07) is 11.6. The topological polar surface area (TPSA) is 67.4 Å². The van der Waals surface area contributed by atoms with Gasteiger partial charge in [0, 0.05) is 34.8 Å². The van der Waals surface area contributed by atoms with Crippen molar-refractivity contribution >= 4 is 23.4 Å². The van der Waals surface area contributed by atoms with E-state index in [1.807, 2.05) is 48.8 Å². The van der Waals surface area contributed by atoms with Crippen LogP contribution in [0, 0.1) is 17.2 Å². The van der Waals surface area contributed by atoms with Crippen molar-refractivity contribution in [3.8, 4) is 17.2 Å². The molecule has 2 heterocycles. The van der Waals surface area contributed by atoms with E-state index in [1.54, 1.807) is 30.1 Å². The minimum atomic E-state index is -0.190. The molecule has 0 fully saturated rings. The van der Waals surface area contributed by atoms with Crippen molar-refractivity contribution in [2.24, 2.45) is 5.92 Å². The van der Waals surface area contributed by atoms with Crippen molar-refractivity contribution in [2.45, 2.75) is 18.7 Å². The van der Waals surface area contributed by atoms with Crippen LogP contribution in [0.5, 0.6) is 0 Å². The number of ether oxygens (including phenoxy) is 1. The van der Waals surface area contributed by atoms with Crippen LogP contribution in [0.4, 0.5) is 0 Å². The van der Waals surface area contributed by atoms with E-state index >= 15 is 0 Å². The Labute approximate surface area is 156 Å². The third kappa shape index (κ3) is 3.73. The fourth-order valence-electron chi connectivity index (χ4n) is 2.64. The lowest BCUT2D eigenvalue weighted by molar-refractivity contribution is -0.146. The summed E-state index contributed by atoms with van der Waals surface area (Å²) in [6.07, 6.45) is 5.63. The van der Waals surface area contributed by atoms with E-state index < -0.39 is 0 Å². The van der Waals surface area contributed by atoms with Gasteiger partial charge in [0.2, 0.25) is 0 Å². The lowest BCUT2D eigenvalue weighted by Crippen LogP contribution is -2.16. The molecule has 5 nitrogen and oxygen atoms in total. The first-order valence-corrected chi connectivity index (χ1v) is 9.38. The molecule has 132 valence electrons. The molecule has 0 radical (unpaired) electrons. The normalized spacial score (nSPS) is 11.9. The van der Waals surface area contributed by atoms with Crippen LogP contribution >= 0.6 is 11.8 Å². The molecule has 1 atom stereocenters. The number of fused-ring (bicyclic) bond motifs is 1. The molecule has 0 aliphatic carbocycles. The molecule has 0 aliphatic rings. The Bertz CT molecular complexity index is 957. The molecular weight excluding hydrogens is 346 g/mol. The van der Waals surface area contributed by atoms with E-state index in [1.165, 1.54) is 0 Å². The lowest BCUT2D eigenvalue weighted by atomic mass is 10.1. The standard InChI is InChI=1S/C20H19N3O2S/c1-3-25-20(24)14(2)13-26-17-8-10-23-11-9-22-19(23)18(17)16-6-4-15(12-21)5-7-16/h4-11,14H,3,13H2,1-2H3. The molecule has 0 spiro atoms. The number of aromatic nitrogens is 2. The number of hydrogen-bond donors (Lipinski definition) is 0. The van der Waals surface area contributed by atoms with Gasteiger partial charge in [-0.1, -0.05) is 19.1 Å². The van der Waals surface area contributed by atoms with Crippen LogP contribution < -0.4 is 0 Å². The first-order valence-electron chi connectivity index (χ1n) is 8.39. The Hall–Kier alpha value is -2.78. The number of nitrogens with zero attached hydrogens (tertiary/aromatic N) is 3. The number of hydrogen-bond acceptors (Lipinski definition) is 5. The maximum absolute atomic E-state index is 11.9. The predicted molar refractivity (Wildman–Crippen MR) is 102 cm³/mol. The summed E-state index contributed by atoms with van der Waals surface area (Å²) in [4.78, 5) is 17.4. The van der Waals surface area contributed by atoms with Gasteiger partial charge in [-0.2, -0.15) is 5.26 Å². The van der Waals surface area contributed by atoms with E-state index in [-0.39, 0.29) is 11.9 Å². The number of esters is 1. The average molecular weight is 365 g/mol. The summed E-state index contributed by atoms with van der Waals surface area (Å²) in [5.74, 6) is 0.255. The largest absolute Gasteiger partial charge is 0.466 e. The molecule has 0 saturated carbocycles. The van der Waals surface area contributed by atoms with Gasteiger partial charge < -0.3 is 9.14 Å². The number of benzene rings is 1. The highest BCUT2D eigenvalue weighted by molar-refractivity contribution is 7.99. The summed E-state index contributed by atoms with van der Waals surface area (Å²) in [5.41, 5.74) is 3.47. The van der Waals surface area contributed by atoms with Crippen LogP contribution in [-0.2, 0) is 9.53 Å². The molecule has 26 heavy (non-hydrogen) atoms. The molecule has 0 amide bonds. The highest BCUT2D eigenvalue weighted by Crippen LogP contribution is 2.35. The second kappa shape index (κ2) is 8.07. The van der Waals surface area contributed by atoms with Crippen LogP contribution in [0.25, 0.3) is 16.8 Å². The van der Waals surface area contributed by atoms with Crippen LogP contribution in [-0.4, -0.2) is 27.7 Å². The molecule has 1 aromatic carbocycles. The minimum Gasteiger partial charge on any atom is -0.466 e. The van der Waals surface area contributed by atoms with Gasteiger partial charge in [0.15, 0.2) is 0 Å². The maximum atomic E-state index is 11.9. The van der Waals surface area contributed by atoms with Crippen molar-refractivity contribution in [1.82, 2.24) is 9.38 Å². The molecule has 2 aromatic heterocycles. The van der Waals surface area contributed by atoms with E-state index in [0.717, 1.165) is 21.7 Å². The monoisotopic (exact) mass is 365 g/mol. The fourth-order valence-corrected chi connectivity index (χ4v) is 3.72. The van der Waals surface area contributed by atoms with Crippen molar-refractivity contribution in [2.75, 3.05) is 12.4 Å². The SMILES string of the molecule is CCOC(=O)C(C)CSc1ccn2ccnc2c1-c1ccc(C#N)cc1. The van der Waals surface area contributed by atoms with Gasteiger partial charge in [-0.25, -0.2) is 4.98 Å². The molecule has 1 unspecified atom stereocenters. The number of rotatable bonds is 6. The van der Waals surface area contributed by atoms with Gasteiger partial charge in [0.25, 0.3) is 0 Å². The molecule has 6 heteroatoms. The van der Waals surface area contributed by atoms with Gasteiger partial charge >= 0.3 is 5.97 Å². The molecule has 3 aromatic rings. The molecule has 0 saturated heterocycles. The number of imidazole rings is 1. The Morgan fingerprint density at radius 3 is 2.77 bits per heavy atom. The zero-order valence-electron chi connectivity index (χ0n) is 14.7. The van der Waals surface area contributed by atoms with Crippen molar-refractivity contribution < 1.29 is 9.53 Å². The summed E-state index contributed by atoms with van der Waals surface area (Å²) < 4.78 is 7.06.